The summed E-state index contributed by atoms with van der Waals surface area (Å²) >= 11 is 0. The predicted octanol–water partition coefficient (Wildman–Crippen LogP) is 12.1. The zero-order chi connectivity index (χ0) is 45.4. The van der Waals surface area contributed by atoms with Crippen molar-refractivity contribution < 1.29 is 38.4 Å². The molecule has 0 amide bonds. The molecule has 2 atom stereocenters. The van der Waals surface area contributed by atoms with Crippen molar-refractivity contribution in [2.75, 3.05) is 44.4 Å². The smallest absolute Gasteiger partial charge is 0.330 e. The predicted molar refractivity (Wildman–Crippen MR) is 238 cm³/mol. The van der Waals surface area contributed by atoms with Crippen LogP contribution in [0, 0.1) is 39.0 Å². The highest BCUT2D eigenvalue weighted by Gasteiger charge is 2.21. The zero-order valence-corrected chi connectivity index (χ0v) is 36.5. The third kappa shape index (κ3) is 16.2. The van der Waals surface area contributed by atoms with Crippen LogP contribution < -0.4 is 14.4 Å². The maximum Gasteiger partial charge on any atom is 0.330 e. The quantitative estimate of drug-likeness (QED) is 0.0211. The second-order valence-corrected chi connectivity index (χ2v) is 14.5. The Kier molecular flexibility index (Phi) is 21.4. The first-order valence-corrected chi connectivity index (χ1v) is 21.0. The number of azo groups is 2. The minimum Gasteiger partial charge on any atom is -0.491 e. The number of nitro benzene ring substituents is 2. The molecule has 0 fully saturated rings. The number of nitrogens with zero attached hydrogens (tertiary/aromatic N) is 7. The van der Waals surface area contributed by atoms with Gasteiger partial charge in [0.15, 0.2) is 5.69 Å². The van der Waals surface area contributed by atoms with Crippen LogP contribution in [0.2, 0.25) is 0 Å². The van der Waals surface area contributed by atoms with Gasteiger partial charge in [-0.15, -0.1) is 15.3 Å². The van der Waals surface area contributed by atoms with Gasteiger partial charge in [-0.05, 0) is 61.4 Å². The van der Waals surface area contributed by atoms with Crippen molar-refractivity contribution in [3.05, 3.63) is 99.6 Å². The van der Waals surface area contributed by atoms with E-state index in [1.807, 2.05) is 24.0 Å². The Morgan fingerprint density at radius 2 is 1.18 bits per heavy atom. The van der Waals surface area contributed by atoms with Gasteiger partial charge in [-0.25, -0.2) is 9.59 Å². The van der Waals surface area contributed by atoms with E-state index < -0.39 is 33.2 Å². The van der Waals surface area contributed by atoms with Crippen molar-refractivity contribution in [3.63, 3.8) is 0 Å². The lowest BCUT2D eigenvalue weighted by Gasteiger charge is -2.25. The Balaban J connectivity index is 2.12. The second-order valence-electron chi connectivity index (χ2n) is 14.5. The molecule has 0 heterocycles. The van der Waals surface area contributed by atoms with Crippen LogP contribution in [-0.2, 0) is 19.1 Å². The third-order valence-electron chi connectivity index (χ3n) is 10.1. The van der Waals surface area contributed by atoms with E-state index in [0.29, 0.717) is 49.2 Å². The maximum atomic E-state index is 11.9. The van der Waals surface area contributed by atoms with E-state index in [-0.39, 0.29) is 36.4 Å². The second kappa shape index (κ2) is 26.6. The number of benzene rings is 3. The fourth-order valence-electron chi connectivity index (χ4n) is 6.16. The average Bonchev–Trinajstić information content (AvgIpc) is 3.27. The molecule has 2 unspecified atom stereocenters. The molecule has 0 aliphatic heterocycles. The monoisotopic (exact) mass is 857 g/mol. The first kappa shape index (κ1) is 49.8. The molecule has 3 aromatic carbocycles. The van der Waals surface area contributed by atoms with Crippen LogP contribution in [0.4, 0.5) is 39.8 Å². The van der Waals surface area contributed by atoms with Crippen LogP contribution >= 0.6 is 0 Å². The van der Waals surface area contributed by atoms with E-state index in [2.05, 4.69) is 61.3 Å². The topological polar surface area (TPSA) is 210 Å². The molecule has 334 valence electrons. The SMILES string of the molecule is C=CC(=O)OCCN(CCOC(=O)C=C)c1ccc(/N=N/c2cc(OCC(CC)CCCC)c(/N=N/c3ccc([N+](=O)[O-])cc3[N+](=O)[O-])cc2OCC(CC)CCCC)c(C)c1. The highest BCUT2D eigenvalue weighted by molar-refractivity contribution is 5.81. The molecule has 0 saturated heterocycles. The van der Waals surface area contributed by atoms with Crippen molar-refractivity contribution in [1.82, 2.24) is 0 Å². The van der Waals surface area contributed by atoms with E-state index in [9.17, 15) is 29.8 Å². The summed E-state index contributed by atoms with van der Waals surface area (Å²) in [5, 5.41) is 41.1. The molecule has 0 aromatic heterocycles. The zero-order valence-electron chi connectivity index (χ0n) is 36.5. The Bertz CT molecular complexity index is 2030. The molecule has 3 rings (SSSR count). The summed E-state index contributed by atoms with van der Waals surface area (Å²) in [6.07, 6.45) is 10.0. The molecule has 0 aliphatic carbocycles. The fourth-order valence-corrected chi connectivity index (χ4v) is 6.16. The van der Waals surface area contributed by atoms with Crippen molar-refractivity contribution >= 4 is 51.8 Å². The van der Waals surface area contributed by atoms with Crippen LogP contribution in [0.15, 0.2) is 94.3 Å². The minimum absolute atomic E-state index is 0.0726. The Labute approximate surface area is 363 Å². The summed E-state index contributed by atoms with van der Waals surface area (Å²) in [4.78, 5) is 47.1. The summed E-state index contributed by atoms with van der Waals surface area (Å²) in [6, 6.07) is 12.0. The minimum atomic E-state index is -0.745. The Morgan fingerprint density at radius 1 is 0.694 bits per heavy atom. The number of ether oxygens (including phenoxy) is 4. The summed E-state index contributed by atoms with van der Waals surface area (Å²) in [7, 11) is 0. The van der Waals surface area contributed by atoms with Crippen molar-refractivity contribution in [1.29, 1.82) is 0 Å². The number of hydrogen-bond donors (Lipinski definition) is 0. The van der Waals surface area contributed by atoms with Crippen molar-refractivity contribution in [2.45, 2.75) is 86.0 Å². The first-order chi connectivity index (χ1) is 29.9. The number of aryl methyl sites for hydroxylation is 1. The highest BCUT2D eigenvalue weighted by atomic mass is 16.6. The third-order valence-corrected chi connectivity index (χ3v) is 10.1. The van der Waals surface area contributed by atoms with E-state index in [0.717, 1.165) is 86.9 Å². The molecule has 0 spiro atoms. The highest BCUT2D eigenvalue weighted by Crippen LogP contribution is 2.43. The Morgan fingerprint density at radius 3 is 1.61 bits per heavy atom. The maximum absolute atomic E-state index is 11.9. The number of non-ortho nitro benzene ring substituents is 1. The molecule has 62 heavy (non-hydrogen) atoms. The van der Waals surface area contributed by atoms with Gasteiger partial charge in [0.1, 0.15) is 36.1 Å². The molecule has 0 radical (unpaired) electrons. The lowest BCUT2D eigenvalue weighted by molar-refractivity contribution is -0.393. The van der Waals surface area contributed by atoms with Crippen molar-refractivity contribution in [2.24, 2.45) is 32.3 Å². The summed E-state index contributed by atoms with van der Waals surface area (Å²) in [6.45, 7) is 18.7. The average molecular weight is 858 g/mol. The van der Waals surface area contributed by atoms with Gasteiger partial charge in [-0.1, -0.05) is 79.4 Å². The number of nitro groups is 2. The largest absolute Gasteiger partial charge is 0.491 e. The van der Waals surface area contributed by atoms with Crippen LogP contribution in [0.3, 0.4) is 0 Å². The summed E-state index contributed by atoms with van der Waals surface area (Å²) in [5.74, 6) is 0.0258. The number of hydrogen-bond acceptors (Lipinski definition) is 15. The van der Waals surface area contributed by atoms with Gasteiger partial charge in [0, 0.05) is 36.0 Å². The number of rotatable bonds is 29. The number of carbonyl (C=O) groups excluding carboxylic acids is 2. The molecule has 0 bridgehead atoms. The number of esters is 2. The molecule has 0 saturated carbocycles. The lowest BCUT2D eigenvalue weighted by atomic mass is 10.0. The number of carbonyl (C=O) groups is 2. The molecule has 0 N–H and O–H groups in total. The normalized spacial score (nSPS) is 12.1. The van der Waals surface area contributed by atoms with Gasteiger partial charge >= 0.3 is 17.6 Å². The van der Waals surface area contributed by atoms with E-state index in [1.165, 1.54) is 6.07 Å². The lowest BCUT2D eigenvalue weighted by Crippen LogP contribution is -2.32. The van der Waals surface area contributed by atoms with Crippen LogP contribution in [0.5, 0.6) is 11.5 Å². The van der Waals surface area contributed by atoms with Gasteiger partial charge < -0.3 is 23.8 Å². The van der Waals surface area contributed by atoms with Gasteiger partial charge in [0.2, 0.25) is 0 Å². The standard InChI is InChI=1S/C45H59N7O10/c1-8-14-16-33(10-3)30-61-42-29-40(49-47-38-21-19-36(51(55)56)27-41(38)52(57)58)43(62-31-34(11-4)17-15-9-2)28-39(42)48-46-37-20-18-35(26-32(37)7)50(22-24-59-44(53)12-5)23-25-60-45(54)13-6/h12-13,18-21,26-29,33-34H,5-6,8-11,14-17,22-25,30-31H2,1-4,7H3/b48-46+,49-47+. The molecular formula is C45H59N7O10. The van der Waals surface area contributed by atoms with E-state index in [4.69, 9.17) is 18.9 Å². The van der Waals surface area contributed by atoms with Crippen LogP contribution in [0.1, 0.15) is 84.6 Å². The van der Waals surface area contributed by atoms with Gasteiger partial charge in [-0.3, -0.25) is 20.2 Å². The van der Waals surface area contributed by atoms with E-state index in [1.54, 1.807) is 18.2 Å². The fraction of sp³-hybridized carbons (Fsp3) is 0.467. The van der Waals surface area contributed by atoms with Crippen LogP contribution in [-0.4, -0.2) is 61.3 Å². The van der Waals surface area contributed by atoms with E-state index >= 15 is 0 Å². The molecule has 17 nitrogen and oxygen atoms in total. The first-order valence-electron chi connectivity index (χ1n) is 21.0. The summed E-state index contributed by atoms with van der Waals surface area (Å²) < 4.78 is 23.3. The molecule has 0 aliphatic rings. The molecule has 17 heteroatoms. The van der Waals surface area contributed by atoms with Gasteiger partial charge in [0.05, 0.1) is 47.9 Å². The van der Waals surface area contributed by atoms with Crippen LogP contribution in [0.25, 0.3) is 0 Å². The van der Waals surface area contributed by atoms with Gasteiger partial charge in [-0.2, -0.15) is 5.11 Å². The Hall–Kier alpha value is -6.52. The summed E-state index contributed by atoms with van der Waals surface area (Å²) in [5.41, 5.74) is 1.46. The number of anilines is 1. The van der Waals surface area contributed by atoms with Gasteiger partial charge in [0.25, 0.3) is 5.69 Å². The van der Waals surface area contributed by atoms with Crippen molar-refractivity contribution in [3.8, 4) is 11.5 Å². The molecular weight excluding hydrogens is 799 g/mol. The number of unbranched alkanes of at least 4 members (excludes halogenated alkanes) is 2. The molecule has 3 aromatic rings.